The van der Waals surface area contributed by atoms with E-state index in [1.165, 1.54) is 16.4 Å². The van der Waals surface area contributed by atoms with Crippen molar-refractivity contribution in [3.05, 3.63) is 56.6 Å². The summed E-state index contributed by atoms with van der Waals surface area (Å²) in [7, 11) is 1.47. The maximum absolute atomic E-state index is 13.5. The lowest BCUT2D eigenvalue weighted by Crippen LogP contribution is -2.44. The van der Waals surface area contributed by atoms with Crippen LogP contribution in [0.3, 0.4) is 0 Å². The first-order valence-corrected chi connectivity index (χ1v) is 10.6. The molecule has 2 N–H and O–H groups in total. The first-order chi connectivity index (χ1) is 15.4. The standard InChI is InChI=1S/C23H26N6O3/c1-3-4-13-28-20-19(25-23(28)27-12-8-11-17(24)14-27)21(31)26(2)29(22(20)32)15-18(30)16-9-6-5-7-10-16/h5-7,9-10,17H,8,11-15,24H2,1-2H3/t17-/m1/s1. The smallest absolute Gasteiger partial charge is 0.293 e. The van der Waals surface area contributed by atoms with Crippen LogP contribution in [0.5, 0.6) is 0 Å². The first kappa shape index (κ1) is 21.6. The minimum atomic E-state index is -0.454. The fourth-order valence-corrected chi connectivity index (χ4v) is 4.10. The molecule has 0 amide bonds. The summed E-state index contributed by atoms with van der Waals surface area (Å²) in [6, 6.07) is 8.69. The summed E-state index contributed by atoms with van der Waals surface area (Å²) < 4.78 is 4.01. The predicted octanol–water partition coefficient (Wildman–Crippen LogP) is 0.730. The number of carbonyl (C=O) groups excluding carboxylic acids is 1. The number of Topliss-reactive ketones (excluding diaryl/α,β-unsaturated/α-hetero) is 1. The Hall–Kier alpha value is -3.64. The van der Waals surface area contributed by atoms with Crippen molar-refractivity contribution in [3.63, 3.8) is 0 Å². The highest BCUT2D eigenvalue weighted by molar-refractivity contribution is 5.95. The molecule has 3 aromatic rings. The third kappa shape index (κ3) is 3.85. The van der Waals surface area contributed by atoms with E-state index in [2.05, 4.69) is 16.8 Å². The fourth-order valence-electron chi connectivity index (χ4n) is 4.10. The third-order valence-corrected chi connectivity index (χ3v) is 5.79. The number of hydrogen-bond donors (Lipinski definition) is 1. The summed E-state index contributed by atoms with van der Waals surface area (Å²) in [4.78, 5) is 46.0. The molecule has 0 aliphatic carbocycles. The van der Waals surface area contributed by atoms with E-state index in [4.69, 9.17) is 5.73 Å². The number of fused-ring (bicyclic) bond motifs is 1. The number of nitrogens with two attached hydrogens (primary N) is 1. The average Bonchev–Trinajstić information content (AvgIpc) is 3.19. The van der Waals surface area contributed by atoms with Gasteiger partial charge in [0.1, 0.15) is 12.1 Å². The number of anilines is 1. The van der Waals surface area contributed by atoms with Gasteiger partial charge in [0.25, 0.3) is 11.1 Å². The maximum atomic E-state index is 13.5. The molecular formula is C23H26N6O3. The molecule has 9 nitrogen and oxygen atoms in total. The number of benzene rings is 1. The Kier molecular flexibility index (Phi) is 5.97. The Labute approximate surface area is 185 Å². The summed E-state index contributed by atoms with van der Waals surface area (Å²) in [5, 5.41) is 0. The molecule has 0 saturated carbocycles. The third-order valence-electron chi connectivity index (χ3n) is 5.79. The van der Waals surface area contributed by atoms with Crippen molar-refractivity contribution >= 4 is 22.8 Å². The van der Waals surface area contributed by atoms with Gasteiger partial charge < -0.3 is 10.6 Å². The summed E-state index contributed by atoms with van der Waals surface area (Å²) in [5.41, 5.74) is 5.96. The SMILES string of the molecule is CC#CCn1c(N2CCC[C@@H](N)C2)nc2c(=O)n(C)n(CC(=O)c3ccccc3)c(=O)c21. The van der Waals surface area contributed by atoms with Crippen molar-refractivity contribution < 1.29 is 4.79 Å². The van der Waals surface area contributed by atoms with Crippen LogP contribution in [-0.2, 0) is 20.1 Å². The van der Waals surface area contributed by atoms with Crippen LogP contribution in [0, 0.1) is 11.8 Å². The molecule has 1 atom stereocenters. The molecule has 0 unspecified atom stereocenters. The van der Waals surface area contributed by atoms with Crippen molar-refractivity contribution in [1.29, 1.82) is 0 Å². The van der Waals surface area contributed by atoms with Crippen LogP contribution in [-0.4, -0.2) is 43.8 Å². The molecule has 9 heteroatoms. The zero-order chi connectivity index (χ0) is 22.8. The quantitative estimate of drug-likeness (QED) is 0.469. The van der Waals surface area contributed by atoms with E-state index in [0.717, 1.165) is 19.4 Å². The second-order valence-corrected chi connectivity index (χ2v) is 7.95. The van der Waals surface area contributed by atoms with E-state index >= 15 is 0 Å². The fraction of sp³-hybridized carbons (Fsp3) is 0.391. The Bertz CT molecular complexity index is 1340. The second-order valence-electron chi connectivity index (χ2n) is 7.95. The molecule has 32 heavy (non-hydrogen) atoms. The van der Waals surface area contributed by atoms with Gasteiger partial charge in [0.05, 0.1) is 6.54 Å². The van der Waals surface area contributed by atoms with Gasteiger partial charge in [0, 0.05) is 31.7 Å². The molecule has 0 radical (unpaired) electrons. The lowest BCUT2D eigenvalue weighted by molar-refractivity contribution is 0.0960. The Balaban J connectivity index is 1.88. The van der Waals surface area contributed by atoms with Gasteiger partial charge in [-0.1, -0.05) is 36.3 Å². The molecule has 1 aromatic carbocycles. The number of carbonyl (C=O) groups is 1. The lowest BCUT2D eigenvalue weighted by atomic mass is 10.1. The monoisotopic (exact) mass is 434 g/mol. The molecule has 0 spiro atoms. The molecule has 2 aromatic heterocycles. The number of rotatable bonds is 5. The van der Waals surface area contributed by atoms with Crippen LogP contribution >= 0.6 is 0 Å². The minimum absolute atomic E-state index is 0.00254. The molecule has 1 aliphatic heterocycles. The van der Waals surface area contributed by atoms with Crippen LogP contribution in [0.2, 0.25) is 0 Å². The number of nitrogens with zero attached hydrogens (tertiary/aromatic N) is 5. The molecule has 3 heterocycles. The van der Waals surface area contributed by atoms with E-state index in [1.54, 1.807) is 35.8 Å². The molecule has 1 aliphatic rings. The molecule has 1 saturated heterocycles. The Morgan fingerprint density at radius 3 is 2.66 bits per heavy atom. The van der Waals surface area contributed by atoms with Gasteiger partial charge in [0.2, 0.25) is 5.95 Å². The topological polar surface area (TPSA) is 108 Å². The van der Waals surface area contributed by atoms with Crippen molar-refractivity contribution in [2.24, 2.45) is 12.8 Å². The highest BCUT2D eigenvalue weighted by Gasteiger charge is 2.26. The molecule has 4 rings (SSSR count). The predicted molar refractivity (Wildman–Crippen MR) is 123 cm³/mol. The van der Waals surface area contributed by atoms with Crippen LogP contribution < -0.4 is 21.8 Å². The average molecular weight is 435 g/mol. The summed E-state index contributed by atoms with van der Waals surface area (Å²) in [5.74, 6) is 6.06. The number of aromatic nitrogens is 4. The van der Waals surface area contributed by atoms with Gasteiger partial charge in [-0.2, -0.15) is 0 Å². The van der Waals surface area contributed by atoms with E-state index in [9.17, 15) is 14.4 Å². The second kappa shape index (κ2) is 8.85. The first-order valence-electron chi connectivity index (χ1n) is 10.6. The van der Waals surface area contributed by atoms with Crippen molar-refractivity contribution in [2.45, 2.75) is 38.9 Å². The Morgan fingerprint density at radius 1 is 1.22 bits per heavy atom. The van der Waals surface area contributed by atoms with Gasteiger partial charge >= 0.3 is 0 Å². The highest BCUT2D eigenvalue weighted by Crippen LogP contribution is 2.22. The van der Waals surface area contributed by atoms with Crippen LogP contribution in [0.4, 0.5) is 5.95 Å². The molecule has 166 valence electrons. The van der Waals surface area contributed by atoms with Crippen LogP contribution in [0.1, 0.15) is 30.1 Å². The lowest BCUT2D eigenvalue weighted by Gasteiger charge is -2.31. The van der Waals surface area contributed by atoms with E-state index in [0.29, 0.717) is 18.1 Å². The van der Waals surface area contributed by atoms with Crippen molar-refractivity contribution in [3.8, 4) is 11.8 Å². The maximum Gasteiger partial charge on any atom is 0.293 e. The molecule has 1 fully saturated rings. The van der Waals surface area contributed by atoms with Gasteiger partial charge in [-0.15, -0.1) is 5.92 Å². The number of piperidine rings is 1. The summed E-state index contributed by atoms with van der Waals surface area (Å²) >= 11 is 0. The number of imidazole rings is 1. The van der Waals surface area contributed by atoms with Gasteiger partial charge in [-0.05, 0) is 19.8 Å². The van der Waals surface area contributed by atoms with Crippen molar-refractivity contribution in [2.75, 3.05) is 18.0 Å². The summed E-state index contributed by atoms with van der Waals surface area (Å²) in [6.07, 6.45) is 1.82. The van der Waals surface area contributed by atoms with Crippen LogP contribution in [0.25, 0.3) is 11.0 Å². The number of hydrogen-bond acceptors (Lipinski definition) is 6. The van der Waals surface area contributed by atoms with Gasteiger partial charge in [-0.25, -0.2) is 14.3 Å². The van der Waals surface area contributed by atoms with Gasteiger partial charge in [0.15, 0.2) is 11.3 Å². The molecular weight excluding hydrogens is 408 g/mol. The minimum Gasteiger partial charge on any atom is -0.341 e. The van der Waals surface area contributed by atoms with E-state index < -0.39 is 11.1 Å². The van der Waals surface area contributed by atoms with Crippen molar-refractivity contribution in [1.82, 2.24) is 18.9 Å². The largest absolute Gasteiger partial charge is 0.341 e. The summed E-state index contributed by atoms with van der Waals surface area (Å²) in [6.45, 7) is 3.00. The zero-order valence-corrected chi connectivity index (χ0v) is 18.2. The molecule has 0 bridgehead atoms. The zero-order valence-electron chi connectivity index (χ0n) is 18.2. The van der Waals surface area contributed by atoms with E-state index in [-0.39, 0.29) is 35.9 Å². The van der Waals surface area contributed by atoms with E-state index in [1.807, 2.05) is 11.0 Å². The van der Waals surface area contributed by atoms with Crippen LogP contribution in [0.15, 0.2) is 39.9 Å². The Morgan fingerprint density at radius 2 is 1.97 bits per heavy atom. The normalized spacial score (nSPS) is 16.1. The highest BCUT2D eigenvalue weighted by atomic mass is 16.2. The number of ketones is 1. The van der Waals surface area contributed by atoms with Gasteiger partial charge in [-0.3, -0.25) is 19.0 Å².